The minimum Gasteiger partial charge on any atom is -0.362 e. The predicted molar refractivity (Wildman–Crippen MR) is 113 cm³/mol. The Morgan fingerprint density at radius 1 is 1.20 bits per heavy atom. The molecule has 0 saturated carbocycles. The van der Waals surface area contributed by atoms with Crippen LogP contribution in [0.15, 0.2) is 71.2 Å². The number of allylic oxidation sites excluding steroid dienone is 3. The molecule has 0 spiro atoms. The van der Waals surface area contributed by atoms with Crippen molar-refractivity contribution < 1.29 is 14.0 Å². The van der Waals surface area contributed by atoms with E-state index in [2.05, 4.69) is 29.5 Å². The third kappa shape index (κ3) is 3.77. The Balaban J connectivity index is 1.79. The molecule has 154 valence electrons. The maximum Gasteiger partial charge on any atom is 0.254 e. The third-order valence-electron chi connectivity index (χ3n) is 5.55. The minimum atomic E-state index is -0.570. The summed E-state index contributed by atoms with van der Waals surface area (Å²) < 4.78 is 13.6. The maximum atomic E-state index is 13.6. The van der Waals surface area contributed by atoms with Crippen LogP contribution in [0.5, 0.6) is 0 Å². The quantitative estimate of drug-likeness (QED) is 0.791. The highest BCUT2D eigenvalue weighted by atomic mass is 19.1. The van der Waals surface area contributed by atoms with Crippen LogP contribution in [0, 0.1) is 11.2 Å². The van der Waals surface area contributed by atoms with Crippen LogP contribution in [0.1, 0.15) is 45.2 Å². The highest BCUT2D eigenvalue weighted by molar-refractivity contribution is 6.09. The molecule has 1 aromatic heterocycles. The normalized spacial score (nSPS) is 20.5. The van der Waals surface area contributed by atoms with E-state index in [4.69, 9.17) is 0 Å². The molecular weight excluding hydrogens is 381 g/mol. The smallest absolute Gasteiger partial charge is 0.254 e. The van der Waals surface area contributed by atoms with Crippen LogP contribution in [-0.2, 0) is 9.59 Å². The zero-order valence-corrected chi connectivity index (χ0v) is 17.3. The number of aromatic nitrogens is 1. The van der Waals surface area contributed by atoms with Gasteiger partial charge >= 0.3 is 0 Å². The van der Waals surface area contributed by atoms with Gasteiger partial charge in [-0.15, -0.1) is 0 Å². The summed E-state index contributed by atoms with van der Waals surface area (Å²) in [6.07, 6.45) is 2.79. The summed E-state index contributed by atoms with van der Waals surface area (Å²) in [5, 5.41) is 6.08. The first-order chi connectivity index (χ1) is 14.2. The fourth-order valence-corrected chi connectivity index (χ4v) is 4.34. The molecule has 0 bridgehead atoms. The monoisotopic (exact) mass is 405 g/mol. The summed E-state index contributed by atoms with van der Waals surface area (Å²) in [5.41, 5.74) is 3.39. The Morgan fingerprint density at radius 2 is 2.00 bits per heavy atom. The van der Waals surface area contributed by atoms with Crippen molar-refractivity contribution in [2.24, 2.45) is 5.41 Å². The van der Waals surface area contributed by atoms with E-state index >= 15 is 0 Å². The van der Waals surface area contributed by atoms with Crippen molar-refractivity contribution >= 4 is 17.4 Å². The van der Waals surface area contributed by atoms with Crippen LogP contribution >= 0.6 is 0 Å². The van der Waals surface area contributed by atoms with Crippen molar-refractivity contribution in [1.82, 2.24) is 10.3 Å². The van der Waals surface area contributed by atoms with Crippen molar-refractivity contribution in [2.45, 2.75) is 39.5 Å². The van der Waals surface area contributed by atoms with E-state index in [9.17, 15) is 14.0 Å². The SMILES string of the molecule is CC1=C(C(=O)Nc2cccc(F)c2)[C@@H](c2ccccn2)C2=C(CC(C)(C)CC2=O)N1. The summed E-state index contributed by atoms with van der Waals surface area (Å²) in [5.74, 6) is -1.37. The Labute approximate surface area is 175 Å². The number of hydrogen-bond acceptors (Lipinski definition) is 4. The third-order valence-corrected chi connectivity index (χ3v) is 5.55. The van der Waals surface area contributed by atoms with E-state index in [-0.39, 0.29) is 17.1 Å². The highest BCUT2D eigenvalue weighted by Gasteiger charge is 2.43. The fraction of sp³-hybridized carbons (Fsp3) is 0.292. The van der Waals surface area contributed by atoms with Gasteiger partial charge in [0.15, 0.2) is 5.78 Å². The highest BCUT2D eigenvalue weighted by Crippen LogP contribution is 2.46. The van der Waals surface area contributed by atoms with Crippen LogP contribution in [0.25, 0.3) is 0 Å². The van der Waals surface area contributed by atoms with Gasteiger partial charge in [-0.1, -0.05) is 26.0 Å². The lowest BCUT2D eigenvalue weighted by Crippen LogP contribution is -2.39. The molecular formula is C24H24FN3O2. The molecule has 4 rings (SSSR count). The number of anilines is 1. The first-order valence-corrected chi connectivity index (χ1v) is 9.97. The zero-order valence-electron chi connectivity index (χ0n) is 17.3. The molecule has 0 radical (unpaired) electrons. The van der Waals surface area contributed by atoms with Crippen molar-refractivity contribution in [3.63, 3.8) is 0 Å². The summed E-state index contributed by atoms with van der Waals surface area (Å²) in [6.45, 7) is 5.96. The molecule has 2 aliphatic rings. The number of amides is 1. The number of ketones is 1. The standard InChI is InChI=1S/C24H24FN3O2/c1-14-20(23(30)28-16-8-6-7-15(25)11-16)22(17-9-4-5-10-26-17)21-18(27-14)12-24(2,3)13-19(21)29/h4-11,22,27H,12-13H2,1-3H3,(H,28,30)/t22-/m1/s1. The number of hydrogen-bond donors (Lipinski definition) is 2. The second-order valence-corrected chi connectivity index (χ2v) is 8.65. The summed E-state index contributed by atoms with van der Waals surface area (Å²) in [7, 11) is 0. The molecule has 2 aromatic rings. The lowest BCUT2D eigenvalue weighted by atomic mass is 9.69. The van der Waals surface area contributed by atoms with Gasteiger partial charge in [0.05, 0.1) is 11.6 Å². The topological polar surface area (TPSA) is 71.1 Å². The van der Waals surface area contributed by atoms with Gasteiger partial charge in [-0.05, 0) is 49.1 Å². The molecule has 0 fully saturated rings. The number of pyridine rings is 1. The van der Waals surface area contributed by atoms with Crippen LogP contribution in [0.3, 0.4) is 0 Å². The molecule has 1 amide bonds. The van der Waals surface area contributed by atoms with Crippen molar-refractivity contribution in [2.75, 3.05) is 5.32 Å². The number of rotatable bonds is 3. The molecule has 1 atom stereocenters. The van der Waals surface area contributed by atoms with Gasteiger partial charge < -0.3 is 10.6 Å². The van der Waals surface area contributed by atoms with Gasteiger partial charge in [-0.3, -0.25) is 14.6 Å². The molecule has 1 aromatic carbocycles. The molecule has 0 unspecified atom stereocenters. The molecule has 2 N–H and O–H groups in total. The van der Waals surface area contributed by atoms with Gasteiger partial charge in [0.25, 0.3) is 5.91 Å². The lowest BCUT2D eigenvalue weighted by molar-refractivity contribution is -0.118. The average molecular weight is 405 g/mol. The lowest BCUT2D eigenvalue weighted by Gasteiger charge is -2.39. The number of benzene rings is 1. The Bertz CT molecular complexity index is 1090. The minimum absolute atomic E-state index is 0.0213. The number of nitrogens with zero attached hydrogens (tertiary/aromatic N) is 1. The van der Waals surface area contributed by atoms with Crippen LogP contribution in [-0.4, -0.2) is 16.7 Å². The molecule has 1 aliphatic carbocycles. The fourth-order valence-electron chi connectivity index (χ4n) is 4.34. The average Bonchev–Trinajstić information content (AvgIpc) is 2.66. The first-order valence-electron chi connectivity index (χ1n) is 9.97. The second kappa shape index (κ2) is 7.52. The Kier molecular flexibility index (Phi) is 5.02. The van der Waals surface area contributed by atoms with E-state index in [1.165, 1.54) is 18.2 Å². The van der Waals surface area contributed by atoms with Gasteiger partial charge in [-0.25, -0.2) is 4.39 Å². The molecule has 6 heteroatoms. The van der Waals surface area contributed by atoms with E-state index in [0.717, 1.165) is 5.70 Å². The van der Waals surface area contributed by atoms with Gasteiger partial charge in [0.2, 0.25) is 0 Å². The van der Waals surface area contributed by atoms with Crippen molar-refractivity contribution in [1.29, 1.82) is 0 Å². The number of carbonyl (C=O) groups excluding carboxylic acids is 2. The van der Waals surface area contributed by atoms with Gasteiger partial charge in [0.1, 0.15) is 5.82 Å². The summed E-state index contributed by atoms with van der Waals surface area (Å²) in [6, 6.07) is 11.2. The van der Waals surface area contributed by atoms with E-state index in [1.54, 1.807) is 18.3 Å². The number of halogens is 1. The van der Waals surface area contributed by atoms with Gasteiger partial charge in [0, 0.05) is 40.8 Å². The zero-order chi connectivity index (χ0) is 21.5. The number of Topliss-reactive ketones (excluding diaryl/α,β-unsaturated/α-hetero) is 1. The van der Waals surface area contributed by atoms with Crippen molar-refractivity contribution in [3.8, 4) is 0 Å². The summed E-state index contributed by atoms with van der Waals surface area (Å²) in [4.78, 5) is 30.9. The first kappa shape index (κ1) is 20.0. The second-order valence-electron chi connectivity index (χ2n) is 8.65. The number of dihydropyridines is 1. The van der Waals surface area contributed by atoms with Crippen LogP contribution in [0.2, 0.25) is 0 Å². The van der Waals surface area contributed by atoms with Gasteiger partial charge in [-0.2, -0.15) is 0 Å². The largest absolute Gasteiger partial charge is 0.362 e. The van der Waals surface area contributed by atoms with Crippen LogP contribution < -0.4 is 10.6 Å². The number of nitrogens with one attached hydrogen (secondary N) is 2. The van der Waals surface area contributed by atoms with E-state index in [0.29, 0.717) is 41.1 Å². The van der Waals surface area contributed by atoms with E-state index < -0.39 is 11.7 Å². The number of carbonyl (C=O) groups is 2. The summed E-state index contributed by atoms with van der Waals surface area (Å²) >= 11 is 0. The molecule has 5 nitrogen and oxygen atoms in total. The van der Waals surface area contributed by atoms with E-state index in [1.807, 2.05) is 19.1 Å². The maximum absolute atomic E-state index is 13.6. The van der Waals surface area contributed by atoms with Crippen LogP contribution in [0.4, 0.5) is 10.1 Å². The predicted octanol–water partition coefficient (Wildman–Crippen LogP) is 4.46. The molecule has 2 heterocycles. The molecule has 30 heavy (non-hydrogen) atoms. The molecule has 0 saturated heterocycles. The van der Waals surface area contributed by atoms with Crippen molar-refractivity contribution in [3.05, 3.63) is 82.7 Å². The Hall–Kier alpha value is -3.28. The molecule has 1 aliphatic heterocycles. The Morgan fingerprint density at radius 3 is 2.70 bits per heavy atom.